The first-order valence-corrected chi connectivity index (χ1v) is 3.49. The van der Waals surface area contributed by atoms with Crippen molar-refractivity contribution in [2.24, 2.45) is 5.73 Å². The third kappa shape index (κ3) is 0.654. The third-order valence-corrected chi connectivity index (χ3v) is 2.01. The summed E-state index contributed by atoms with van der Waals surface area (Å²) in [5, 5.41) is 7.78. The van der Waals surface area contributed by atoms with Crippen LogP contribution in [-0.4, -0.2) is 21.3 Å². The summed E-state index contributed by atoms with van der Waals surface area (Å²) in [6.45, 7) is 1.73. The summed E-state index contributed by atoms with van der Waals surface area (Å²) in [6.07, 6.45) is 2.90. The molecule has 1 aliphatic heterocycles. The van der Waals surface area contributed by atoms with Crippen LogP contribution in [0.2, 0.25) is 0 Å². The molecule has 2 N–H and O–H groups in total. The maximum absolute atomic E-state index is 5.53. The van der Waals surface area contributed by atoms with Crippen molar-refractivity contribution in [2.75, 3.05) is 6.54 Å². The van der Waals surface area contributed by atoms with Gasteiger partial charge in [0.2, 0.25) is 0 Å². The summed E-state index contributed by atoms with van der Waals surface area (Å²) in [5.41, 5.74) is 5.53. The molecule has 4 nitrogen and oxygen atoms in total. The van der Waals surface area contributed by atoms with E-state index in [1.807, 2.05) is 0 Å². The summed E-state index contributed by atoms with van der Waals surface area (Å²) in [6, 6.07) is 0. The van der Waals surface area contributed by atoms with Gasteiger partial charge in [0.15, 0.2) is 0 Å². The quantitative estimate of drug-likeness (QED) is 0.581. The molecule has 0 aromatic carbocycles. The van der Waals surface area contributed by atoms with Crippen LogP contribution in [0.25, 0.3) is 0 Å². The molecule has 0 saturated carbocycles. The highest BCUT2D eigenvalue weighted by atomic mass is 15.3. The molecule has 0 spiro atoms. The zero-order valence-corrected chi connectivity index (χ0v) is 5.70. The molecule has 1 atom stereocenters. The Morgan fingerprint density at radius 3 is 3.50 bits per heavy atom. The molecule has 1 aromatic rings. The van der Waals surface area contributed by atoms with Gasteiger partial charge in [0.05, 0.1) is 0 Å². The standard InChI is InChI=1S/C6H10N4/c7-3-5-1-2-10-4-8-9-6(5)10/h4-5H,1-3,7H2. The SMILES string of the molecule is NCC1CCn2cnnc21. The largest absolute Gasteiger partial charge is 0.330 e. The van der Waals surface area contributed by atoms with Crippen LogP contribution in [-0.2, 0) is 6.54 Å². The van der Waals surface area contributed by atoms with E-state index in [0.717, 1.165) is 18.8 Å². The fraction of sp³-hybridized carbons (Fsp3) is 0.667. The Kier molecular flexibility index (Phi) is 1.20. The van der Waals surface area contributed by atoms with E-state index in [0.29, 0.717) is 12.5 Å². The van der Waals surface area contributed by atoms with Gasteiger partial charge in [-0.2, -0.15) is 0 Å². The molecular formula is C6H10N4. The van der Waals surface area contributed by atoms with Gasteiger partial charge in [-0.3, -0.25) is 0 Å². The second-order valence-electron chi connectivity index (χ2n) is 2.60. The van der Waals surface area contributed by atoms with Crippen LogP contribution < -0.4 is 5.73 Å². The number of aromatic nitrogens is 3. The van der Waals surface area contributed by atoms with Crippen LogP contribution in [0.3, 0.4) is 0 Å². The number of fused-ring (bicyclic) bond motifs is 1. The first-order chi connectivity index (χ1) is 4.92. The van der Waals surface area contributed by atoms with E-state index >= 15 is 0 Å². The molecular weight excluding hydrogens is 128 g/mol. The van der Waals surface area contributed by atoms with Gasteiger partial charge in [-0.25, -0.2) is 0 Å². The molecule has 1 aromatic heterocycles. The van der Waals surface area contributed by atoms with Crippen molar-refractivity contribution in [1.82, 2.24) is 14.8 Å². The molecule has 0 saturated heterocycles. The molecule has 0 radical (unpaired) electrons. The second kappa shape index (κ2) is 2.05. The Bertz CT molecular complexity index is 229. The number of aryl methyl sites for hydroxylation is 1. The molecule has 0 fully saturated rings. The van der Waals surface area contributed by atoms with E-state index in [1.54, 1.807) is 6.33 Å². The van der Waals surface area contributed by atoms with Crippen molar-refractivity contribution in [2.45, 2.75) is 18.9 Å². The van der Waals surface area contributed by atoms with E-state index in [-0.39, 0.29) is 0 Å². The Morgan fingerprint density at radius 1 is 1.80 bits per heavy atom. The van der Waals surface area contributed by atoms with Gasteiger partial charge in [0, 0.05) is 19.0 Å². The van der Waals surface area contributed by atoms with Gasteiger partial charge in [-0.15, -0.1) is 10.2 Å². The molecule has 1 aliphatic rings. The summed E-state index contributed by atoms with van der Waals surface area (Å²) in [5.74, 6) is 1.50. The fourth-order valence-electron chi connectivity index (χ4n) is 1.40. The molecule has 10 heavy (non-hydrogen) atoms. The van der Waals surface area contributed by atoms with E-state index in [4.69, 9.17) is 5.73 Å². The lowest BCUT2D eigenvalue weighted by atomic mass is 10.1. The lowest BCUT2D eigenvalue weighted by Gasteiger charge is -1.99. The van der Waals surface area contributed by atoms with Crippen molar-refractivity contribution in [1.29, 1.82) is 0 Å². The number of hydrogen-bond donors (Lipinski definition) is 1. The predicted molar refractivity (Wildman–Crippen MR) is 36.4 cm³/mol. The molecule has 54 valence electrons. The predicted octanol–water partition coefficient (Wildman–Crippen LogP) is -0.276. The fourth-order valence-corrected chi connectivity index (χ4v) is 1.40. The summed E-state index contributed by atoms with van der Waals surface area (Å²) in [4.78, 5) is 0. The van der Waals surface area contributed by atoms with Gasteiger partial charge in [-0.1, -0.05) is 0 Å². The molecule has 2 heterocycles. The highest BCUT2D eigenvalue weighted by Gasteiger charge is 2.22. The topological polar surface area (TPSA) is 56.7 Å². The van der Waals surface area contributed by atoms with Gasteiger partial charge >= 0.3 is 0 Å². The first-order valence-electron chi connectivity index (χ1n) is 3.49. The molecule has 4 heteroatoms. The zero-order valence-electron chi connectivity index (χ0n) is 5.70. The van der Waals surface area contributed by atoms with Gasteiger partial charge < -0.3 is 10.3 Å². The highest BCUT2D eigenvalue weighted by Crippen LogP contribution is 2.23. The maximum Gasteiger partial charge on any atom is 0.137 e. The van der Waals surface area contributed by atoms with Crippen LogP contribution in [0.5, 0.6) is 0 Å². The number of rotatable bonds is 1. The summed E-state index contributed by atoms with van der Waals surface area (Å²) >= 11 is 0. The van der Waals surface area contributed by atoms with Crippen LogP contribution in [0.15, 0.2) is 6.33 Å². The highest BCUT2D eigenvalue weighted by molar-refractivity contribution is 5.01. The van der Waals surface area contributed by atoms with Crippen molar-refractivity contribution in [3.8, 4) is 0 Å². The Balaban J connectivity index is 2.34. The van der Waals surface area contributed by atoms with Gasteiger partial charge in [0.1, 0.15) is 12.2 Å². The second-order valence-corrected chi connectivity index (χ2v) is 2.60. The molecule has 2 rings (SSSR count). The molecule has 0 amide bonds. The summed E-state index contributed by atoms with van der Waals surface area (Å²) < 4.78 is 2.07. The number of hydrogen-bond acceptors (Lipinski definition) is 3. The molecule has 0 bridgehead atoms. The minimum absolute atomic E-state index is 0.447. The van der Waals surface area contributed by atoms with Crippen LogP contribution >= 0.6 is 0 Å². The van der Waals surface area contributed by atoms with Crippen LogP contribution in [0.1, 0.15) is 18.2 Å². The lowest BCUT2D eigenvalue weighted by Crippen LogP contribution is -2.10. The minimum Gasteiger partial charge on any atom is -0.330 e. The normalized spacial score (nSPS) is 23.1. The van der Waals surface area contributed by atoms with Crippen molar-refractivity contribution >= 4 is 0 Å². The minimum atomic E-state index is 0.447. The number of nitrogens with two attached hydrogens (primary N) is 1. The van der Waals surface area contributed by atoms with Crippen molar-refractivity contribution < 1.29 is 0 Å². The smallest absolute Gasteiger partial charge is 0.137 e. The zero-order chi connectivity index (χ0) is 6.97. The average molecular weight is 138 g/mol. The Hall–Kier alpha value is -0.900. The van der Waals surface area contributed by atoms with Crippen LogP contribution in [0, 0.1) is 0 Å². The van der Waals surface area contributed by atoms with E-state index in [9.17, 15) is 0 Å². The Labute approximate surface area is 59.1 Å². The van der Waals surface area contributed by atoms with Crippen molar-refractivity contribution in [3.05, 3.63) is 12.2 Å². The maximum atomic E-state index is 5.53. The monoisotopic (exact) mass is 138 g/mol. The molecule has 0 aliphatic carbocycles. The van der Waals surface area contributed by atoms with Crippen molar-refractivity contribution in [3.63, 3.8) is 0 Å². The average Bonchev–Trinajstić information content (AvgIpc) is 2.44. The van der Waals surface area contributed by atoms with E-state index in [2.05, 4.69) is 14.8 Å². The van der Waals surface area contributed by atoms with E-state index < -0.39 is 0 Å². The Morgan fingerprint density at radius 2 is 2.70 bits per heavy atom. The van der Waals surface area contributed by atoms with Gasteiger partial charge in [0.25, 0.3) is 0 Å². The first kappa shape index (κ1) is 5.85. The molecule has 1 unspecified atom stereocenters. The van der Waals surface area contributed by atoms with Crippen LogP contribution in [0.4, 0.5) is 0 Å². The number of nitrogens with zero attached hydrogens (tertiary/aromatic N) is 3. The third-order valence-electron chi connectivity index (χ3n) is 2.01. The van der Waals surface area contributed by atoms with Gasteiger partial charge in [-0.05, 0) is 6.42 Å². The summed E-state index contributed by atoms with van der Waals surface area (Å²) in [7, 11) is 0. The lowest BCUT2D eigenvalue weighted by molar-refractivity contribution is 0.651. The van der Waals surface area contributed by atoms with E-state index in [1.165, 1.54) is 0 Å².